The van der Waals surface area contributed by atoms with E-state index in [4.69, 9.17) is 9.47 Å². The Morgan fingerprint density at radius 1 is 1.00 bits per heavy atom. The van der Waals surface area contributed by atoms with Gasteiger partial charge < -0.3 is 35.0 Å². The highest BCUT2D eigenvalue weighted by molar-refractivity contribution is 6.05. The van der Waals surface area contributed by atoms with Crippen molar-refractivity contribution in [3.63, 3.8) is 0 Å². The van der Waals surface area contributed by atoms with E-state index in [0.29, 0.717) is 56.0 Å². The molecule has 3 aliphatic heterocycles. The minimum atomic E-state index is -1.08. The lowest BCUT2D eigenvalue weighted by Gasteiger charge is -2.33. The number of carbonyl (C=O) groups excluding carboxylic acids is 3. The standard InChI is InChI=1S/C32H42N4O6/c1-4-35(5-2)23-13-9-21(10-14-23)34-30(39)28-32-18-17-25(42-32)26(27(32)31(40)36(28)19-7-8-20-37)29(38)33-22-11-15-24(16-12-22)41-6-3/h9-16,25-28,37H,4-8,17-20H2,1-3H3,(H,33,38)(H,34,39)/t25-,26+,27+,28?,32?/m1/s1. The number of likely N-dealkylation sites (tertiary alicyclic amines) is 1. The van der Waals surface area contributed by atoms with Crippen LogP contribution in [0.15, 0.2) is 48.5 Å². The maximum atomic E-state index is 14.0. The summed E-state index contributed by atoms with van der Waals surface area (Å²) in [5.41, 5.74) is 1.23. The number of nitrogens with zero attached hydrogens (tertiary/aromatic N) is 2. The molecule has 5 rings (SSSR count). The summed E-state index contributed by atoms with van der Waals surface area (Å²) in [4.78, 5) is 45.4. The van der Waals surface area contributed by atoms with E-state index in [2.05, 4.69) is 29.4 Å². The summed E-state index contributed by atoms with van der Waals surface area (Å²) in [5, 5.41) is 15.4. The molecular weight excluding hydrogens is 536 g/mol. The molecule has 2 aromatic carbocycles. The van der Waals surface area contributed by atoms with Crippen LogP contribution in [0.3, 0.4) is 0 Å². The molecule has 3 amide bonds. The molecule has 0 aliphatic carbocycles. The molecule has 3 aliphatic rings. The third kappa shape index (κ3) is 5.45. The minimum Gasteiger partial charge on any atom is -0.494 e. The van der Waals surface area contributed by atoms with Gasteiger partial charge in [0.2, 0.25) is 17.7 Å². The Morgan fingerprint density at radius 2 is 1.64 bits per heavy atom. The van der Waals surface area contributed by atoms with Gasteiger partial charge in [-0.3, -0.25) is 14.4 Å². The van der Waals surface area contributed by atoms with Crippen molar-refractivity contribution in [2.24, 2.45) is 11.8 Å². The molecule has 3 N–H and O–H groups in total. The van der Waals surface area contributed by atoms with Gasteiger partial charge in [-0.15, -0.1) is 0 Å². The second-order valence-electron chi connectivity index (χ2n) is 11.2. The second-order valence-corrected chi connectivity index (χ2v) is 11.2. The van der Waals surface area contributed by atoms with Crippen LogP contribution in [0.2, 0.25) is 0 Å². The summed E-state index contributed by atoms with van der Waals surface area (Å²) < 4.78 is 12.0. The highest BCUT2D eigenvalue weighted by Crippen LogP contribution is 2.58. The molecule has 1 spiro atoms. The molecule has 0 radical (unpaired) electrons. The quantitative estimate of drug-likeness (QED) is 0.310. The number of benzene rings is 2. The van der Waals surface area contributed by atoms with Crippen molar-refractivity contribution in [3.8, 4) is 5.75 Å². The number of fused-ring (bicyclic) bond motifs is 1. The normalized spacial score (nSPS) is 25.8. The topological polar surface area (TPSA) is 120 Å². The summed E-state index contributed by atoms with van der Waals surface area (Å²) in [6.07, 6.45) is 1.73. The molecule has 42 heavy (non-hydrogen) atoms. The average Bonchev–Trinajstić information content (AvgIpc) is 3.63. The molecule has 10 nitrogen and oxygen atoms in total. The number of unbranched alkanes of at least 4 members (excludes halogenated alkanes) is 1. The van der Waals surface area contributed by atoms with Crippen LogP contribution in [0, 0.1) is 11.8 Å². The lowest BCUT2D eigenvalue weighted by atomic mass is 9.70. The third-order valence-corrected chi connectivity index (χ3v) is 8.85. The third-order valence-electron chi connectivity index (χ3n) is 8.85. The predicted octanol–water partition coefficient (Wildman–Crippen LogP) is 3.66. The van der Waals surface area contributed by atoms with E-state index in [0.717, 1.165) is 18.8 Å². The van der Waals surface area contributed by atoms with Crippen molar-refractivity contribution < 1.29 is 29.0 Å². The SMILES string of the molecule is CCOc1ccc(NC(=O)[C@@H]2[C@H]3C(=O)N(CCCCO)C(C(=O)Nc4ccc(N(CC)CC)cc4)C34CC[C@H]2O4)cc1. The van der Waals surface area contributed by atoms with Gasteiger partial charge in [-0.2, -0.15) is 0 Å². The van der Waals surface area contributed by atoms with Crippen LogP contribution < -0.4 is 20.3 Å². The number of nitrogens with one attached hydrogen (secondary N) is 2. The van der Waals surface area contributed by atoms with E-state index >= 15 is 0 Å². The molecule has 0 aromatic heterocycles. The summed E-state index contributed by atoms with van der Waals surface area (Å²) in [6, 6.07) is 13.9. The Morgan fingerprint density at radius 3 is 2.26 bits per heavy atom. The lowest BCUT2D eigenvalue weighted by molar-refractivity contribution is -0.139. The van der Waals surface area contributed by atoms with Crippen LogP contribution in [0.25, 0.3) is 0 Å². The van der Waals surface area contributed by atoms with Crippen molar-refractivity contribution in [2.45, 2.75) is 64.2 Å². The number of amides is 3. The van der Waals surface area contributed by atoms with Gasteiger partial charge in [0.05, 0.1) is 24.5 Å². The first-order chi connectivity index (χ1) is 20.4. The zero-order valence-electron chi connectivity index (χ0n) is 24.7. The minimum absolute atomic E-state index is 0.00194. The molecule has 226 valence electrons. The van der Waals surface area contributed by atoms with E-state index in [1.54, 1.807) is 29.2 Å². The zero-order chi connectivity index (χ0) is 29.9. The van der Waals surface area contributed by atoms with Crippen LogP contribution in [0.1, 0.15) is 46.5 Å². The van der Waals surface area contributed by atoms with E-state index in [1.807, 2.05) is 31.2 Å². The van der Waals surface area contributed by atoms with Crippen molar-refractivity contribution in [3.05, 3.63) is 48.5 Å². The second kappa shape index (κ2) is 12.7. The fourth-order valence-electron chi connectivity index (χ4n) is 6.97. The lowest BCUT2D eigenvalue weighted by Crippen LogP contribution is -2.53. The van der Waals surface area contributed by atoms with Crippen molar-refractivity contribution in [1.82, 2.24) is 4.90 Å². The number of aliphatic hydroxyl groups is 1. The van der Waals surface area contributed by atoms with Crippen molar-refractivity contribution >= 4 is 34.8 Å². The van der Waals surface area contributed by atoms with Crippen LogP contribution in [-0.4, -0.2) is 78.3 Å². The van der Waals surface area contributed by atoms with E-state index in [9.17, 15) is 19.5 Å². The first-order valence-corrected chi connectivity index (χ1v) is 15.2. The summed E-state index contributed by atoms with van der Waals surface area (Å²) in [5.74, 6) is -1.60. The first-order valence-electron chi connectivity index (χ1n) is 15.2. The largest absolute Gasteiger partial charge is 0.494 e. The van der Waals surface area contributed by atoms with E-state index < -0.39 is 29.6 Å². The van der Waals surface area contributed by atoms with Crippen LogP contribution >= 0.6 is 0 Å². The monoisotopic (exact) mass is 578 g/mol. The molecule has 3 fully saturated rings. The Bertz CT molecular complexity index is 1260. The summed E-state index contributed by atoms with van der Waals surface area (Å²) in [7, 11) is 0. The number of hydrogen-bond donors (Lipinski definition) is 3. The highest BCUT2D eigenvalue weighted by atomic mass is 16.5. The molecule has 0 saturated carbocycles. The Balaban J connectivity index is 1.38. The fourth-order valence-corrected chi connectivity index (χ4v) is 6.97. The number of ether oxygens (including phenoxy) is 2. The maximum absolute atomic E-state index is 14.0. The van der Waals surface area contributed by atoms with Crippen molar-refractivity contribution in [1.29, 1.82) is 0 Å². The van der Waals surface area contributed by atoms with Crippen LogP contribution in [0.4, 0.5) is 17.1 Å². The van der Waals surface area contributed by atoms with E-state index in [1.165, 1.54) is 0 Å². The number of carbonyl (C=O) groups is 3. The molecule has 2 aromatic rings. The number of hydrogen-bond acceptors (Lipinski definition) is 7. The highest BCUT2D eigenvalue weighted by Gasteiger charge is 2.74. The molecule has 2 bridgehead atoms. The molecular formula is C32H42N4O6. The van der Waals surface area contributed by atoms with Gasteiger partial charge in [0.1, 0.15) is 17.4 Å². The Hall–Kier alpha value is -3.63. The van der Waals surface area contributed by atoms with Gasteiger partial charge in [-0.25, -0.2) is 0 Å². The molecule has 3 saturated heterocycles. The Labute approximate surface area is 247 Å². The van der Waals surface area contributed by atoms with Gasteiger partial charge >= 0.3 is 0 Å². The maximum Gasteiger partial charge on any atom is 0.250 e. The molecule has 10 heteroatoms. The van der Waals surface area contributed by atoms with E-state index in [-0.39, 0.29) is 24.3 Å². The summed E-state index contributed by atoms with van der Waals surface area (Å²) in [6.45, 7) is 8.71. The molecule has 3 heterocycles. The number of anilines is 3. The van der Waals surface area contributed by atoms with Gasteiger partial charge in [0, 0.05) is 43.3 Å². The smallest absolute Gasteiger partial charge is 0.250 e. The van der Waals surface area contributed by atoms with Crippen molar-refractivity contribution in [2.75, 3.05) is 48.4 Å². The summed E-state index contributed by atoms with van der Waals surface area (Å²) >= 11 is 0. The van der Waals surface area contributed by atoms with Gasteiger partial charge in [0.25, 0.3) is 0 Å². The van der Waals surface area contributed by atoms with Gasteiger partial charge in [-0.05, 0) is 95.0 Å². The van der Waals surface area contributed by atoms with Gasteiger partial charge in [-0.1, -0.05) is 0 Å². The van der Waals surface area contributed by atoms with Crippen LogP contribution in [-0.2, 0) is 19.1 Å². The number of rotatable bonds is 13. The molecule has 2 unspecified atom stereocenters. The predicted molar refractivity (Wildman–Crippen MR) is 161 cm³/mol. The average molecular weight is 579 g/mol. The van der Waals surface area contributed by atoms with Crippen LogP contribution in [0.5, 0.6) is 5.75 Å². The zero-order valence-corrected chi connectivity index (χ0v) is 24.7. The van der Waals surface area contributed by atoms with Gasteiger partial charge in [0.15, 0.2) is 0 Å². The first kappa shape index (κ1) is 29.8. The number of aliphatic hydroxyl groups excluding tert-OH is 1. The molecule has 5 atom stereocenters. The fraction of sp³-hybridized carbons (Fsp3) is 0.531. The Kier molecular flexibility index (Phi) is 9.03.